The smallest absolute Gasteiger partial charge is 0.370 e. The Morgan fingerprint density at radius 3 is 2.58 bits per heavy atom. The zero-order valence-corrected chi connectivity index (χ0v) is 13.8. The number of alkyl halides is 3. The number of hydrogen-bond acceptors (Lipinski definition) is 3. The van der Waals surface area contributed by atoms with Crippen LogP contribution in [0.2, 0.25) is 0 Å². The minimum absolute atomic E-state index is 0.280. The number of hydrogen-bond donors (Lipinski definition) is 0. The minimum atomic E-state index is -4.74. The first kappa shape index (κ1) is 17.0. The fourth-order valence-electron chi connectivity index (χ4n) is 3.16. The molecule has 1 fully saturated rings. The van der Waals surface area contributed by atoms with Crippen LogP contribution in [0.15, 0.2) is 36.7 Å². The number of fused-ring (bicyclic) bond motifs is 1. The Hall–Kier alpha value is -2.48. The lowest BCUT2D eigenvalue weighted by Gasteiger charge is -2.19. The van der Waals surface area contributed by atoms with Crippen LogP contribution in [0.1, 0.15) is 47.2 Å². The highest BCUT2D eigenvalue weighted by atomic mass is 19.4. The molecule has 0 amide bonds. The van der Waals surface area contributed by atoms with Crippen molar-refractivity contribution >= 4 is 5.65 Å². The SMILES string of the molecule is COC(c1ccc(C(F)(F)F)c(F)c1)c1cc(C2CC2)cc2ncnn12. The van der Waals surface area contributed by atoms with E-state index in [9.17, 15) is 17.6 Å². The summed E-state index contributed by atoms with van der Waals surface area (Å²) in [5.41, 5.74) is 1.29. The Bertz CT molecular complexity index is 963. The number of pyridine rings is 1. The minimum Gasteiger partial charge on any atom is -0.370 e. The van der Waals surface area contributed by atoms with Crippen LogP contribution in [-0.2, 0) is 10.9 Å². The van der Waals surface area contributed by atoms with Crippen molar-refractivity contribution < 1.29 is 22.3 Å². The molecule has 2 heterocycles. The van der Waals surface area contributed by atoms with Crippen LogP contribution >= 0.6 is 0 Å². The van der Waals surface area contributed by atoms with Gasteiger partial charge < -0.3 is 4.74 Å². The molecule has 0 N–H and O–H groups in total. The second kappa shape index (κ2) is 6.05. The molecule has 8 heteroatoms. The van der Waals surface area contributed by atoms with Crippen molar-refractivity contribution in [1.82, 2.24) is 14.6 Å². The van der Waals surface area contributed by atoms with Crippen molar-refractivity contribution in [2.24, 2.45) is 0 Å². The Morgan fingerprint density at radius 1 is 1.19 bits per heavy atom. The first-order valence-electron chi connectivity index (χ1n) is 8.11. The van der Waals surface area contributed by atoms with Crippen LogP contribution < -0.4 is 0 Å². The summed E-state index contributed by atoms with van der Waals surface area (Å²) in [5.74, 6) is -0.887. The lowest BCUT2D eigenvalue weighted by atomic mass is 10.0. The highest BCUT2D eigenvalue weighted by Crippen LogP contribution is 2.42. The molecule has 1 aliphatic carbocycles. The van der Waals surface area contributed by atoms with E-state index in [4.69, 9.17) is 4.74 Å². The molecule has 4 nitrogen and oxygen atoms in total. The molecule has 2 aromatic heterocycles. The van der Waals surface area contributed by atoms with Crippen LogP contribution in [-0.4, -0.2) is 21.7 Å². The number of aromatic nitrogens is 3. The molecule has 0 spiro atoms. The summed E-state index contributed by atoms with van der Waals surface area (Å²) in [6.45, 7) is 0. The van der Waals surface area contributed by atoms with Gasteiger partial charge in [0.1, 0.15) is 18.2 Å². The quantitative estimate of drug-likeness (QED) is 0.639. The zero-order valence-electron chi connectivity index (χ0n) is 13.8. The summed E-state index contributed by atoms with van der Waals surface area (Å²) < 4.78 is 59.5. The van der Waals surface area contributed by atoms with Crippen molar-refractivity contribution in [3.63, 3.8) is 0 Å². The van der Waals surface area contributed by atoms with Gasteiger partial charge in [0, 0.05) is 7.11 Å². The van der Waals surface area contributed by atoms with Crippen molar-refractivity contribution in [3.8, 4) is 0 Å². The predicted molar refractivity (Wildman–Crippen MR) is 85.2 cm³/mol. The van der Waals surface area contributed by atoms with E-state index in [-0.39, 0.29) is 5.56 Å². The highest BCUT2D eigenvalue weighted by molar-refractivity contribution is 5.46. The molecule has 4 rings (SSSR count). The summed E-state index contributed by atoms with van der Waals surface area (Å²) in [5, 5.41) is 4.16. The maximum atomic E-state index is 14.0. The van der Waals surface area contributed by atoms with Crippen molar-refractivity contribution in [2.45, 2.75) is 31.0 Å². The van der Waals surface area contributed by atoms with Crippen molar-refractivity contribution in [3.05, 3.63) is 64.9 Å². The number of rotatable bonds is 4. The van der Waals surface area contributed by atoms with E-state index in [0.717, 1.165) is 30.5 Å². The van der Waals surface area contributed by atoms with E-state index in [1.54, 1.807) is 4.52 Å². The van der Waals surface area contributed by atoms with Crippen LogP contribution in [0.3, 0.4) is 0 Å². The van der Waals surface area contributed by atoms with Crippen molar-refractivity contribution in [2.75, 3.05) is 7.11 Å². The van der Waals surface area contributed by atoms with Crippen LogP contribution in [0, 0.1) is 5.82 Å². The number of halogens is 4. The number of benzene rings is 1. The molecule has 1 aliphatic rings. The molecular weight excluding hydrogens is 350 g/mol. The van der Waals surface area contributed by atoms with Gasteiger partial charge in [0.25, 0.3) is 0 Å². The summed E-state index contributed by atoms with van der Waals surface area (Å²) >= 11 is 0. The monoisotopic (exact) mass is 365 g/mol. The zero-order chi connectivity index (χ0) is 18.5. The Balaban J connectivity index is 1.82. The topological polar surface area (TPSA) is 39.4 Å². The van der Waals surface area contributed by atoms with Gasteiger partial charge in [0.15, 0.2) is 5.65 Å². The lowest BCUT2D eigenvalue weighted by Crippen LogP contribution is -2.13. The summed E-state index contributed by atoms with van der Waals surface area (Å²) in [7, 11) is 1.42. The largest absolute Gasteiger partial charge is 0.419 e. The Morgan fingerprint density at radius 2 is 1.96 bits per heavy atom. The standard InChI is InChI=1S/C18H15F4N3O/c1-26-17(11-4-5-13(14(19)6-11)18(20,21)22)15-7-12(10-2-3-10)8-16-23-9-24-25(15)16/h4-10,17H,2-3H2,1H3. The molecule has 1 aromatic carbocycles. The van der Waals surface area contributed by atoms with Gasteiger partial charge in [0.05, 0.1) is 11.3 Å². The second-order valence-corrected chi connectivity index (χ2v) is 6.37. The predicted octanol–water partition coefficient (Wildman–Crippen LogP) is 4.50. The van der Waals surface area contributed by atoms with Crippen LogP contribution in [0.25, 0.3) is 5.65 Å². The van der Waals surface area contributed by atoms with Crippen molar-refractivity contribution in [1.29, 1.82) is 0 Å². The average Bonchev–Trinajstić information content (AvgIpc) is 3.32. The Kier molecular flexibility index (Phi) is 3.95. The molecule has 0 aliphatic heterocycles. The van der Waals surface area contributed by atoms with Crippen LogP contribution in [0.4, 0.5) is 17.6 Å². The molecular formula is C18H15F4N3O. The van der Waals surface area contributed by atoms with E-state index in [2.05, 4.69) is 10.1 Å². The van der Waals surface area contributed by atoms with E-state index in [0.29, 0.717) is 17.3 Å². The van der Waals surface area contributed by atoms with E-state index in [1.807, 2.05) is 12.1 Å². The van der Waals surface area contributed by atoms with Gasteiger partial charge in [-0.05, 0) is 54.2 Å². The molecule has 0 radical (unpaired) electrons. The third kappa shape index (κ3) is 2.94. The van der Waals surface area contributed by atoms with E-state index in [1.165, 1.54) is 19.5 Å². The van der Waals surface area contributed by atoms with Gasteiger partial charge >= 0.3 is 6.18 Å². The fourth-order valence-corrected chi connectivity index (χ4v) is 3.16. The molecule has 1 atom stereocenters. The first-order chi connectivity index (χ1) is 12.4. The number of ether oxygens (including phenoxy) is 1. The maximum Gasteiger partial charge on any atom is 0.419 e. The molecule has 3 aromatic rings. The van der Waals surface area contributed by atoms with Gasteiger partial charge in [0.2, 0.25) is 0 Å². The molecule has 0 bridgehead atoms. The molecule has 0 saturated heterocycles. The van der Waals surface area contributed by atoms with Gasteiger partial charge in [-0.15, -0.1) is 0 Å². The van der Waals surface area contributed by atoms with E-state index >= 15 is 0 Å². The molecule has 136 valence electrons. The summed E-state index contributed by atoms with van der Waals surface area (Å²) in [6, 6.07) is 6.67. The van der Waals surface area contributed by atoms with Gasteiger partial charge in [-0.25, -0.2) is 13.9 Å². The average molecular weight is 365 g/mol. The van der Waals surface area contributed by atoms with Gasteiger partial charge in [-0.3, -0.25) is 0 Å². The molecule has 1 unspecified atom stereocenters. The third-order valence-electron chi connectivity index (χ3n) is 4.58. The fraction of sp³-hybridized carbons (Fsp3) is 0.333. The van der Waals surface area contributed by atoms with E-state index < -0.39 is 23.7 Å². The third-order valence-corrected chi connectivity index (χ3v) is 4.58. The molecule has 26 heavy (non-hydrogen) atoms. The normalized spacial score (nSPS) is 16.2. The highest BCUT2D eigenvalue weighted by Gasteiger charge is 2.35. The second-order valence-electron chi connectivity index (χ2n) is 6.37. The molecule has 1 saturated carbocycles. The van der Waals surface area contributed by atoms with Gasteiger partial charge in [-0.1, -0.05) is 6.07 Å². The van der Waals surface area contributed by atoms with Gasteiger partial charge in [-0.2, -0.15) is 18.3 Å². The first-order valence-corrected chi connectivity index (χ1v) is 8.11. The maximum absolute atomic E-state index is 14.0. The summed E-state index contributed by atoms with van der Waals surface area (Å²) in [6.07, 6.45) is -1.95. The summed E-state index contributed by atoms with van der Waals surface area (Å²) in [4.78, 5) is 4.20. The lowest BCUT2D eigenvalue weighted by molar-refractivity contribution is -0.140. The number of methoxy groups -OCH3 is 1. The Labute approximate surface area is 146 Å². The number of nitrogens with zero attached hydrogens (tertiary/aromatic N) is 3. The van der Waals surface area contributed by atoms with Crippen LogP contribution in [0.5, 0.6) is 0 Å².